The lowest BCUT2D eigenvalue weighted by Gasteiger charge is -2.31. The Kier molecular flexibility index (Phi) is 4.42. The van der Waals surface area contributed by atoms with Crippen LogP contribution in [0, 0.1) is 5.92 Å². The zero-order chi connectivity index (χ0) is 17.5. The molecule has 0 spiro atoms. The van der Waals surface area contributed by atoms with Crippen LogP contribution >= 0.6 is 0 Å². The summed E-state index contributed by atoms with van der Waals surface area (Å²) in [6.45, 7) is 0.614. The van der Waals surface area contributed by atoms with Crippen LogP contribution in [0.3, 0.4) is 0 Å². The number of fused-ring (bicyclic) bond motifs is 1. The molecule has 1 aromatic rings. The Hall–Kier alpha value is -1.83. The van der Waals surface area contributed by atoms with Gasteiger partial charge >= 0.3 is 6.18 Å². The van der Waals surface area contributed by atoms with Gasteiger partial charge < -0.3 is 15.4 Å². The van der Waals surface area contributed by atoms with E-state index in [0.29, 0.717) is 30.5 Å². The monoisotopic (exact) mass is 343 g/mol. The molecule has 2 aliphatic rings. The largest absolute Gasteiger partial charge is 0.481 e. The Morgan fingerprint density at radius 1 is 1.42 bits per heavy atom. The van der Waals surface area contributed by atoms with E-state index in [1.165, 1.54) is 7.11 Å². The molecule has 132 valence electrons. The fourth-order valence-electron chi connectivity index (χ4n) is 3.54. The van der Waals surface area contributed by atoms with E-state index in [2.05, 4.69) is 4.98 Å². The first-order valence-corrected chi connectivity index (χ1v) is 7.98. The summed E-state index contributed by atoms with van der Waals surface area (Å²) in [5.74, 6) is -0.139. The molecule has 2 heterocycles. The maximum absolute atomic E-state index is 13.0. The maximum Gasteiger partial charge on any atom is 0.433 e. The average Bonchev–Trinajstić information content (AvgIpc) is 2.98. The molecule has 1 aliphatic carbocycles. The number of aromatic nitrogens is 1. The predicted octanol–water partition coefficient (Wildman–Crippen LogP) is 2.12. The number of amides is 1. The van der Waals surface area contributed by atoms with E-state index in [4.69, 9.17) is 10.5 Å². The van der Waals surface area contributed by atoms with Gasteiger partial charge in [-0.3, -0.25) is 4.79 Å². The van der Waals surface area contributed by atoms with Crippen LogP contribution in [0.2, 0.25) is 0 Å². The van der Waals surface area contributed by atoms with Gasteiger partial charge in [-0.15, -0.1) is 0 Å². The summed E-state index contributed by atoms with van der Waals surface area (Å²) in [6.07, 6.45) is -1.90. The van der Waals surface area contributed by atoms with Crippen molar-refractivity contribution in [1.82, 2.24) is 9.88 Å². The second-order valence-corrected chi connectivity index (χ2v) is 6.43. The third kappa shape index (κ3) is 3.19. The van der Waals surface area contributed by atoms with Crippen LogP contribution in [0.1, 0.15) is 36.1 Å². The summed E-state index contributed by atoms with van der Waals surface area (Å²) in [6, 6.07) is 1.06. The van der Waals surface area contributed by atoms with Gasteiger partial charge in [0, 0.05) is 30.6 Å². The van der Waals surface area contributed by atoms with E-state index < -0.39 is 11.9 Å². The Balaban J connectivity index is 1.85. The van der Waals surface area contributed by atoms with Gasteiger partial charge in [0.1, 0.15) is 5.69 Å². The minimum Gasteiger partial charge on any atom is -0.481 e. The number of hydrogen-bond acceptors (Lipinski definition) is 4. The summed E-state index contributed by atoms with van der Waals surface area (Å²) >= 11 is 0. The summed E-state index contributed by atoms with van der Waals surface area (Å²) in [7, 11) is 1.31. The molecule has 0 saturated heterocycles. The van der Waals surface area contributed by atoms with Crippen molar-refractivity contribution < 1.29 is 22.7 Å². The average molecular weight is 343 g/mol. The smallest absolute Gasteiger partial charge is 0.433 e. The minimum absolute atomic E-state index is 0.00480. The molecule has 8 heteroatoms. The Bertz CT molecular complexity index is 648. The number of halogens is 3. The lowest BCUT2D eigenvalue weighted by atomic mass is 9.98. The molecular formula is C16H20F3N3O2. The number of ether oxygens (including phenoxy) is 1. The number of carbonyl (C=O) groups is 1. The molecule has 2 atom stereocenters. The van der Waals surface area contributed by atoms with E-state index in [9.17, 15) is 18.0 Å². The number of methoxy groups -OCH3 is 1. The van der Waals surface area contributed by atoms with Crippen molar-refractivity contribution in [3.8, 4) is 5.88 Å². The van der Waals surface area contributed by atoms with Crippen LogP contribution < -0.4 is 10.5 Å². The lowest BCUT2D eigenvalue weighted by molar-refractivity contribution is -0.141. The summed E-state index contributed by atoms with van der Waals surface area (Å²) in [4.78, 5) is 17.8. The number of nitrogens with two attached hydrogens (primary N) is 1. The van der Waals surface area contributed by atoms with Crippen molar-refractivity contribution in [2.24, 2.45) is 11.7 Å². The maximum atomic E-state index is 13.0. The second-order valence-electron chi connectivity index (χ2n) is 6.43. The number of carbonyl (C=O) groups excluding carboxylic acids is 1. The molecule has 5 nitrogen and oxygen atoms in total. The number of nitrogens with zero attached hydrogens (tertiary/aromatic N) is 2. The molecule has 1 fully saturated rings. The van der Waals surface area contributed by atoms with Gasteiger partial charge in [-0.05, 0) is 37.3 Å². The number of hydrogen-bond donors (Lipinski definition) is 1. The van der Waals surface area contributed by atoms with Crippen molar-refractivity contribution in [1.29, 1.82) is 0 Å². The SMILES string of the molecule is COc1nc(C(F)(F)F)cc2c1CCN(C(=O)[C@H]1CCC(N)C1)C2. The zero-order valence-electron chi connectivity index (χ0n) is 13.4. The summed E-state index contributed by atoms with van der Waals surface area (Å²) in [5.41, 5.74) is 5.97. The van der Waals surface area contributed by atoms with Crippen LogP contribution in [0.15, 0.2) is 6.07 Å². The first kappa shape index (κ1) is 17.0. The third-order valence-electron chi connectivity index (χ3n) is 4.79. The highest BCUT2D eigenvalue weighted by atomic mass is 19.4. The van der Waals surface area contributed by atoms with Crippen LogP contribution in [-0.2, 0) is 23.9 Å². The molecule has 1 saturated carbocycles. The van der Waals surface area contributed by atoms with Crippen LogP contribution in [-0.4, -0.2) is 35.5 Å². The quantitative estimate of drug-likeness (QED) is 0.893. The summed E-state index contributed by atoms with van der Waals surface area (Å²) in [5, 5.41) is 0. The van der Waals surface area contributed by atoms with E-state index in [-0.39, 0.29) is 30.3 Å². The lowest BCUT2D eigenvalue weighted by Crippen LogP contribution is -2.40. The molecule has 0 bridgehead atoms. The molecule has 0 radical (unpaired) electrons. The fourth-order valence-corrected chi connectivity index (χ4v) is 3.54. The van der Waals surface area contributed by atoms with Crippen molar-refractivity contribution in [3.05, 3.63) is 22.9 Å². The molecule has 3 rings (SSSR count). The first-order valence-electron chi connectivity index (χ1n) is 7.98. The van der Waals surface area contributed by atoms with Gasteiger partial charge in [-0.2, -0.15) is 13.2 Å². The van der Waals surface area contributed by atoms with Crippen LogP contribution in [0.25, 0.3) is 0 Å². The highest BCUT2D eigenvalue weighted by Crippen LogP contribution is 2.35. The van der Waals surface area contributed by atoms with Gasteiger partial charge in [0.05, 0.1) is 7.11 Å². The van der Waals surface area contributed by atoms with Crippen molar-refractivity contribution >= 4 is 5.91 Å². The van der Waals surface area contributed by atoms with E-state index in [1.807, 2.05) is 0 Å². The number of rotatable bonds is 2. The molecule has 1 unspecified atom stereocenters. The van der Waals surface area contributed by atoms with Crippen molar-refractivity contribution in [2.45, 2.75) is 44.4 Å². The standard InChI is InChI=1S/C16H20F3N3O2/c1-24-14-12-4-5-22(15(23)9-2-3-11(20)6-9)8-10(12)7-13(21-14)16(17,18)19/h7,9,11H,2-6,8,20H2,1H3/t9-,11?/m0/s1. The van der Waals surface area contributed by atoms with Crippen LogP contribution in [0.5, 0.6) is 5.88 Å². The molecule has 1 aliphatic heterocycles. The normalized spacial score (nSPS) is 24.0. The molecule has 2 N–H and O–H groups in total. The van der Waals surface area contributed by atoms with E-state index in [0.717, 1.165) is 18.9 Å². The van der Waals surface area contributed by atoms with Gasteiger partial charge in [-0.1, -0.05) is 0 Å². The third-order valence-corrected chi connectivity index (χ3v) is 4.79. The molecule has 0 aromatic carbocycles. The van der Waals surface area contributed by atoms with Gasteiger partial charge in [0.25, 0.3) is 0 Å². The molecule has 1 amide bonds. The Labute approximate surface area is 138 Å². The topological polar surface area (TPSA) is 68.5 Å². The predicted molar refractivity (Wildman–Crippen MR) is 80.2 cm³/mol. The van der Waals surface area contributed by atoms with Gasteiger partial charge in [-0.25, -0.2) is 4.98 Å². The Morgan fingerprint density at radius 2 is 2.17 bits per heavy atom. The zero-order valence-corrected chi connectivity index (χ0v) is 13.4. The van der Waals surface area contributed by atoms with E-state index in [1.54, 1.807) is 4.90 Å². The molecule has 1 aromatic heterocycles. The van der Waals surface area contributed by atoms with Crippen molar-refractivity contribution in [3.63, 3.8) is 0 Å². The first-order chi connectivity index (χ1) is 11.3. The Morgan fingerprint density at radius 3 is 2.75 bits per heavy atom. The molecule has 24 heavy (non-hydrogen) atoms. The highest BCUT2D eigenvalue weighted by molar-refractivity contribution is 5.79. The molecular weight excluding hydrogens is 323 g/mol. The minimum atomic E-state index is -4.55. The number of pyridine rings is 1. The number of alkyl halides is 3. The van der Waals surface area contributed by atoms with Gasteiger partial charge in [0.15, 0.2) is 0 Å². The van der Waals surface area contributed by atoms with Crippen LogP contribution in [0.4, 0.5) is 13.2 Å². The summed E-state index contributed by atoms with van der Waals surface area (Å²) < 4.78 is 44.0. The highest BCUT2D eigenvalue weighted by Gasteiger charge is 2.37. The van der Waals surface area contributed by atoms with Crippen molar-refractivity contribution in [2.75, 3.05) is 13.7 Å². The second kappa shape index (κ2) is 6.23. The fraction of sp³-hybridized carbons (Fsp3) is 0.625. The van der Waals surface area contributed by atoms with Gasteiger partial charge in [0.2, 0.25) is 11.8 Å². The van der Waals surface area contributed by atoms with E-state index >= 15 is 0 Å².